The zero-order valence-electron chi connectivity index (χ0n) is 14.4. The van der Waals surface area contributed by atoms with Crippen LogP contribution in [0, 0.1) is 5.82 Å². The molecule has 25 heavy (non-hydrogen) atoms. The van der Waals surface area contributed by atoms with Gasteiger partial charge in [0.1, 0.15) is 11.6 Å². The van der Waals surface area contributed by atoms with Crippen LogP contribution < -0.4 is 10.6 Å². The van der Waals surface area contributed by atoms with Gasteiger partial charge in [0, 0.05) is 32.5 Å². The number of fused-ring (bicyclic) bond motifs is 1. The summed E-state index contributed by atoms with van der Waals surface area (Å²) in [5.41, 5.74) is 0.860. The summed E-state index contributed by atoms with van der Waals surface area (Å²) in [6.45, 7) is 3.34. The van der Waals surface area contributed by atoms with Crippen molar-refractivity contribution < 1.29 is 4.39 Å². The monoisotopic (exact) mass is 408 g/mol. The molecule has 0 fully saturated rings. The molecule has 134 valence electrons. The number of nitrogens with one attached hydrogen (secondary N) is 2. The number of aryl methyl sites for hydroxylation is 2. The maximum atomic E-state index is 13.6. The molecule has 8 heteroatoms. The first-order valence-electron chi connectivity index (χ1n) is 8.42. The van der Waals surface area contributed by atoms with Gasteiger partial charge in [-0.15, -0.1) is 0 Å². The topological polar surface area (TPSA) is 67.1 Å². The maximum absolute atomic E-state index is 13.6. The normalized spacial score (nSPS) is 17.3. The van der Waals surface area contributed by atoms with Crippen LogP contribution in [-0.2, 0) is 25.9 Å². The number of aliphatic imine (C=N–C) groups is 1. The first kappa shape index (κ1) is 17.8. The fraction of sp³-hybridized carbons (Fsp3) is 0.471. The first-order valence-corrected chi connectivity index (χ1v) is 9.22. The minimum Gasteiger partial charge on any atom is -0.352 e. The van der Waals surface area contributed by atoms with Gasteiger partial charge in [0.15, 0.2) is 11.8 Å². The molecule has 1 atom stereocenters. The quantitative estimate of drug-likeness (QED) is 0.602. The van der Waals surface area contributed by atoms with Gasteiger partial charge in [-0.1, -0.05) is 13.0 Å². The summed E-state index contributed by atoms with van der Waals surface area (Å²) < 4.78 is 16.0. The lowest BCUT2D eigenvalue weighted by atomic mass is 10.1. The highest BCUT2D eigenvalue weighted by Crippen LogP contribution is 2.16. The van der Waals surface area contributed by atoms with Crippen molar-refractivity contribution in [1.82, 2.24) is 25.4 Å². The smallest absolute Gasteiger partial charge is 0.191 e. The van der Waals surface area contributed by atoms with Gasteiger partial charge in [0.05, 0.1) is 11.0 Å². The van der Waals surface area contributed by atoms with E-state index in [0.717, 1.165) is 43.0 Å². The number of benzene rings is 1. The van der Waals surface area contributed by atoms with E-state index in [0.29, 0.717) is 17.0 Å². The zero-order chi connectivity index (χ0) is 17.8. The molecule has 0 bridgehead atoms. The van der Waals surface area contributed by atoms with E-state index in [-0.39, 0.29) is 11.9 Å². The van der Waals surface area contributed by atoms with E-state index in [4.69, 9.17) is 0 Å². The van der Waals surface area contributed by atoms with Crippen molar-refractivity contribution in [3.63, 3.8) is 0 Å². The summed E-state index contributed by atoms with van der Waals surface area (Å²) in [7, 11) is 1.73. The van der Waals surface area contributed by atoms with Crippen LogP contribution in [0.3, 0.4) is 0 Å². The number of hydrogen-bond donors (Lipinski definition) is 2. The Morgan fingerprint density at radius 3 is 3.04 bits per heavy atom. The zero-order valence-corrected chi connectivity index (χ0v) is 16.0. The van der Waals surface area contributed by atoms with E-state index >= 15 is 0 Å². The predicted molar refractivity (Wildman–Crippen MR) is 98.9 cm³/mol. The number of nitrogens with zero attached hydrogens (tertiary/aromatic N) is 4. The lowest BCUT2D eigenvalue weighted by molar-refractivity contribution is 0.392. The fourth-order valence-electron chi connectivity index (χ4n) is 2.85. The maximum Gasteiger partial charge on any atom is 0.191 e. The third kappa shape index (κ3) is 4.36. The van der Waals surface area contributed by atoms with E-state index in [9.17, 15) is 4.39 Å². The van der Waals surface area contributed by atoms with E-state index in [1.807, 2.05) is 10.7 Å². The summed E-state index contributed by atoms with van der Waals surface area (Å²) in [5.74, 6) is 2.39. The molecule has 0 radical (unpaired) electrons. The molecule has 1 aromatic carbocycles. The molecule has 0 saturated carbocycles. The van der Waals surface area contributed by atoms with Gasteiger partial charge in [-0.25, -0.2) is 14.1 Å². The van der Waals surface area contributed by atoms with Crippen LogP contribution in [0.4, 0.5) is 4.39 Å². The Labute approximate surface area is 155 Å². The average molecular weight is 409 g/mol. The van der Waals surface area contributed by atoms with E-state index in [1.165, 1.54) is 6.07 Å². The Hall–Kier alpha value is -1.96. The summed E-state index contributed by atoms with van der Waals surface area (Å²) >= 11 is 3.16. The van der Waals surface area contributed by atoms with Crippen LogP contribution in [0.1, 0.15) is 30.6 Å². The standard InChI is InChI=1S/C17H22BrFN6/c1-3-15-23-16-7-5-12(10-25(16)24-15)22-17(20-2)21-9-11-4-6-13(18)14(19)8-11/h4,6,8,12H,3,5,7,9-10H2,1-2H3,(H2,20,21,22). The third-order valence-corrected chi connectivity index (χ3v) is 4.87. The molecule has 3 rings (SSSR count). The van der Waals surface area contributed by atoms with Crippen molar-refractivity contribution in [2.45, 2.75) is 45.3 Å². The van der Waals surface area contributed by atoms with Gasteiger partial charge in [-0.05, 0) is 40.0 Å². The van der Waals surface area contributed by atoms with Crippen LogP contribution in [0.25, 0.3) is 0 Å². The number of guanidine groups is 1. The minimum atomic E-state index is -0.264. The van der Waals surface area contributed by atoms with Gasteiger partial charge >= 0.3 is 0 Å². The second-order valence-electron chi connectivity index (χ2n) is 6.03. The Morgan fingerprint density at radius 2 is 2.32 bits per heavy atom. The van der Waals surface area contributed by atoms with Gasteiger partial charge in [0.2, 0.25) is 0 Å². The molecule has 1 aromatic heterocycles. The van der Waals surface area contributed by atoms with Crippen molar-refractivity contribution in [3.8, 4) is 0 Å². The molecular formula is C17H22BrFN6. The number of hydrogen-bond acceptors (Lipinski definition) is 3. The minimum absolute atomic E-state index is 0.242. The van der Waals surface area contributed by atoms with Crippen molar-refractivity contribution in [2.24, 2.45) is 4.99 Å². The molecule has 1 unspecified atom stereocenters. The Kier molecular flexibility index (Phi) is 5.67. The Morgan fingerprint density at radius 1 is 1.48 bits per heavy atom. The Balaban J connectivity index is 1.56. The summed E-state index contributed by atoms with van der Waals surface area (Å²) in [6, 6.07) is 5.34. The molecule has 2 aromatic rings. The molecule has 1 aliphatic rings. The summed E-state index contributed by atoms with van der Waals surface area (Å²) in [6.07, 6.45) is 2.74. The van der Waals surface area contributed by atoms with Crippen molar-refractivity contribution in [1.29, 1.82) is 0 Å². The van der Waals surface area contributed by atoms with Crippen LogP contribution in [0.15, 0.2) is 27.7 Å². The SMILES string of the molecule is CCc1nc2n(n1)CC(NC(=NC)NCc1ccc(Br)c(F)c1)CC2. The lowest BCUT2D eigenvalue weighted by Gasteiger charge is -2.25. The number of rotatable bonds is 4. The van der Waals surface area contributed by atoms with E-state index in [1.54, 1.807) is 13.1 Å². The van der Waals surface area contributed by atoms with Crippen molar-refractivity contribution >= 4 is 21.9 Å². The molecule has 1 aliphatic heterocycles. The predicted octanol–water partition coefficient (Wildman–Crippen LogP) is 2.42. The third-order valence-electron chi connectivity index (χ3n) is 4.23. The van der Waals surface area contributed by atoms with Crippen LogP contribution in [0.5, 0.6) is 0 Å². The highest BCUT2D eigenvalue weighted by Gasteiger charge is 2.22. The highest BCUT2D eigenvalue weighted by atomic mass is 79.9. The van der Waals surface area contributed by atoms with Crippen LogP contribution in [0.2, 0.25) is 0 Å². The van der Waals surface area contributed by atoms with Crippen LogP contribution in [-0.4, -0.2) is 33.8 Å². The van der Waals surface area contributed by atoms with Gasteiger partial charge < -0.3 is 10.6 Å². The van der Waals surface area contributed by atoms with Gasteiger partial charge in [0.25, 0.3) is 0 Å². The van der Waals surface area contributed by atoms with Gasteiger partial charge in [-0.2, -0.15) is 5.10 Å². The van der Waals surface area contributed by atoms with Crippen molar-refractivity contribution in [3.05, 3.63) is 45.7 Å². The molecule has 6 nitrogen and oxygen atoms in total. The molecule has 0 spiro atoms. The first-order chi connectivity index (χ1) is 12.1. The van der Waals surface area contributed by atoms with E-state index < -0.39 is 0 Å². The second-order valence-corrected chi connectivity index (χ2v) is 6.89. The average Bonchev–Trinajstić information content (AvgIpc) is 3.03. The molecule has 2 heterocycles. The molecule has 2 N–H and O–H groups in total. The molecular weight excluding hydrogens is 387 g/mol. The summed E-state index contributed by atoms with van der Waals surface area (Å²) in [5, 5.41) is 11.2. The number of halogens is 2. The number of aromatic nitrogens is 3. The largest absolute Gasteiger partial charge is 0.352 e. The van der Waals surface area contributed by atoms with Gasteiger partial charge in [-0.3, -0.25) is 4.99 Å². The second kappa shape index (κ2) is 7.95. The Bertz CT molecular complexity index is 772. The van der Waals surface area contributed by atoms with Crippen LogP contribution >= 0.6 is 15.9 Å². The highest BCUT2D eigenvalue weighted by molar-refractivity contribution is 9.10. The molecule has 0 saturated heterocycles. The lowest BCUT2D eigenvalue weighted by Crippen LogP contribution is -2.46. The fourth-order valence-corrected chi connectivity index (χ4v) is 3.10. The molecule has 0 aliphatic carbocycles. The van der Waals surface area contributed by atoms with Crippen molar-refractivity contribution in [2.75, 3.05) is 7.05 Å². The van der Waals surface area contributed by atoms with E-state index in [2.05, 4.69) is 48.6 Å². The molecule has 0 amide bonds. The summed E-state index contributed by atoms with van der Waals surface area (Å²) in [4.78, 5) is 8.79.